The van der Waals surface area contributed by atoms with E-state index in [9.17, 15) is 48.4 Å². The van der Waals surface area contributed by atoms with Gasteiger partial charge in [-0.1, -0.05) is 69.9 Å². The molecule has 6 amide bonds. The van der Waals surface area contributed by atoms with Crippen molar-refractivity contribution in [2.45, 2.75) is 154 Å². The molecule has 2 aromatic rings. The molecule has 1 saturated heterocycles. The van der Waals surface area contributed by atoms with Gasteiger partial charge in [0, 0.05) is 38.3 Å². The Labute approximate surface area is 386 Å². The van der Waals surface area contributed by atoms with Gasteiger partial charge in [0.05, 0.1) is 38.4 Å². The van der Waals surface area contributed by atoms with Crippen LogP contribution in [0.3, 0.4) is 0 Å². The van der Waals surface area contributed by atoms with E-state index in [0.717, 1.165) is 51.9 Å². The van der Waals surface area contributed by atoms with E-state index in [0.29, 0.717) is 31.6 Å². The molecular formula is C44H71N8O13P. The van der Waals surface area contributed by atoms with Gasteiger partial charge in [0.25, 0.3) is 0 Å². The monoisotopic (exact) mass is 950 g/mol. The number of amides is 6. The van der Waals surface area contributed by atoms with Gasteiger partial charge < -0.3 is 56.7 Å². The lowest BCUT2D eigenvalue weighted by atomic mass is 10.0. The third kappa shape index (κ3) is 19.2. The molecule has 21 nitrogen and oxygen atoms in total. The van der Waals surface area contributed by atoms with E-state index in [-0.39, 0.29) is 31.1 Å². The average Bonchev–Trinajstić information content (AvgIpc) is 3.95. The van der Waals surface area contributed by atoms with Crippen LogP contribution in [0.5, 0.6) is 0 Å². The summed E-state index contributed by atoms with van der Waals surface area (Å²) in [5, 5.41) is 38.9. The number of phosphoric ester groups is 1. The highest BCUT2D eigenvalue weighted by molar-refractivity contribution is 7.47. The Kier molecular flexibility index (Phi) is 23.9. The number of likely N-dealkylation sites (tertiary alicyclic amines) is 1. The number of hydrogen-bond acceptors (Lipinski definition) is 13. The van der Waals surface area contributed by atoms with Crippen LogP contribution in [0.15, 0.2) is 42.9 Å². The number of rotatable bonds is 31. The van der Waals surface area contributed by atoms with Crippen molar-refractivity contribution in [3.63, 3.8) is 0 Å². The molecule has 0 aliphatic carbocycles. The number of aliphatic hydroxyl groups excluding tert-OH is 3. The lowest BCUT2D eigenvalue weighted by molar-refractivity contribution is -0.139. The second-order valence-electron chi connectivity index (χ2n) is 17.1. The number of aryl methyl sites for hydroxylation is 2. The number of nitrogens with zero attached hydrogens (tertiary/aromatic N) is 3. The average molecular weight is 951 g/mol. The van der Waals surface area contributed by atoms with Gasteiger partial charge in [0.2, 0.25) is 35.4 Å². The Hall–Kier alpha value is -4.76. The first-order valence-electron chi connectivity index (χ1n) is 22.7. The first-order valence-corrected chi connectivity index (χ1v) is 24.2. The fourth-order valence-corrected chi connectivity index (χ4v) is 8.54. The maximum Gasteiger partial charge on any atom is 0.472 e. The molecule has 2 heterocycles. The number of unbranched alkanes of at least 4 members (excludes halogenated alkanes) is 5. The van der Waals surface area contributed by atoms with Crippen molar-refractivity contribution in [3.05, 3.63) is 54.1 Å². The Balaban J connectivity index is 1.76. The summed E-state index contributed by atoms with van der Waals surface area (Å²) in [4.78, 5) is 95.8. The lowest BCUT2D eigenvalue weighted by Crippen LogP contribution is -2.61. The highest BCUT2D eigenvalue weighted by Crippen LogP contribution is 2.45. The van der Waals surface area contributed by atoms with Crippen LogP contribution >= 0.6 is 7.82 Å². The Morgan fingerprint density at radius 2 is 1.52 bits per heavy atom. The van der Waals surface area contributed by atoms with E-state index >= 15 is 0 Å². The molecule has 0 spiro atoms. The minimum Gasteiger partial charge on any atom is -0.394 e. The van der Waals surface area contributed by atoms with Crippen molar-refractivity contribution in [2.24, 2.45) is 11.7 Å². The fourth-order valence-electron chi connectivity index (χ4n) is 7.60. The first kappa shape index (κ1) is 55.6. The predicted octanol–water partition coefficient (Wildman–Crippen LogP) is 0.748. The van der Waals surface area contributed by atoms with Gasteiger partial charge in [-0.25, -0.2) is 9.55 Å². The van der Waals surface area contributed by atoms with Crippen LogP contribution in [0, 0.1) is 5.92 Å². The van der Waals surface area contributed by atoms with Crippen LogP contribution in [0.2, 0.25) is 0 Å². The molecule has 66 heavy (non-hydrogen) atoms. The van der Waals surface area contributed by atoms with Gasteiger partial charge in [-0.15, -0.1) is 0 Å². The number of imidazole rings is 1. The van der Waals surface area contributed by atoms with Crippen molar-refractivity contribution in [3.8, 4) is 0 Å². The number of aromatic nitrogens is 2. The Bertz CT molecular complexity index is 1900. The molecule has 22 heteroatoms. The minimum absolute atomic E-state index is 0.0939. The minimum atomic E-state index is -4.89. The molecule has 0 saturated carbocycles. The normalized spacial score (nSPS) is 17.5. The number of hydrogen-bond donors (Lipinski definition) is 9. The maximum atomic E-state index is 14.2. The third-order valence-electron chi connectivity index (χ3n) is 11.2. The highest BCUT2D eigenvalue weighted by atomic mass is 31.2. The molecule has 1 unspecified atom stereocenters. The zero-order chi connectivity index (χ0) is 48.8. The summed E-state index contributed by atoms with van der Waals surface area (Å²) >= 11 is 0. The van der Waals surface area contributed by atoms with Crippen LogP contribution in [0.4, 0.5) is 0 Å². The third-order valence-corrected chi connectivity index (χ3v) is 12.3. The van der Waals surface area contributed by atoms with E-state index in [1.54, 1.807) is 12.5 Å². The quantitative estimate of drug-likeness (QED) is 0.0372. The zero-order valence-electron chi connectivity index (χ0n) is 38.5. The van der Waals surface area contributed by atoms with Crippen LogP contribution < -0.4 is 27.0 Å². The summed E-state index contributed by atoms with van der Waals surface area (Å²) in [6.45, 7) is 5.04. The second-order valence-corrected chi connectivity index (χ2v) is 18.5. The number of benzene rings is 1. The van der Waals surface area contributed by atoms with Crippen LogP contribution in [0.1, 0.15) is 103 Å². The summed E-state index contributed by atoms with van der Waals surface area (Å²) < 4.78 is 24.2. The number of carbonyl (C=O) groups excluding carboxylic acids is 6. The van der Waals surface area contributed by atoms with Crippen molar-refractivity contribution < 1.29 is 62.6 Å². The van der Waals surface area contributed by atoms with Crippen molar-refractivity contribution >= 4 is 43.3 Å². The highest BCUT2D eigenvalue weighted by Gasteiger charge is 2.38. The largest absolute Gasteiger partial charge is 0.472 e. The van der Waals surface area contributed by atoms with Gasteiger partial charge >= 0.3 is 7.82 Å². The number of aliphatic hydroxyl groups is 3. The lowest BCUT2D eigenvalue weighted by Gasteiger charge is -2.28. The van der Waals surface area contributed by atoms with Crippen LogP contribution in [-0.2, 0) is 61.8 Å². The molecule has 10 N–H and O–H groups in total. The molecular weight excluding hydrogens is 880 g/mol. The number of nitrogens with one attached hydrogen (secondary N) is 4. The SMILES string of the molecule is CC(=O)N1CCC[C@H]1C(=O)N[C@@H](CC(C)C)C(=O)N[C@@H](Cc1cncn1CCCCCCCCc1ccccc1)C(=O)N[C@@H](CO)C(=O)N[C@H](C(N)=O)[C@@H](C)OP(=O)(O)OCC[C@@H](O)CO. The van der Waals surface area contributed by atoms with E-state index in [1.165, 1.54) is 17.4 Å². The van der Waals surface area contributed by atoms with E-state index in [2.05, 4.69) is 38.4 Å². The van der Waals surface area contributed by atoms with E-state index in [1.807, 2.05) is 36.6 Å². The fraction of sp³-hybridized carbons (Fsp3) is 0.659. The molecule has 0 radical (unpaired) electrons. The van der Waals surface area contributed by atoms with Crippen LogP contribution in [-0.4, -0.2) is 139 Å². The van der Waals surface area contributed by atoms with Crippen LogP contribution in [0.25, 0.3) is 0 Å². The molecule has 8 atom stereocenters. The molecule has 1 fully saturated rings. The Morgan fingerprint density at radius 3 is 2.15 bits per heavy atom. The summed E-state index contributed by atoms with van der Waals surface area (Å²) in [6, 6.07) is 3.52. The van der Waals surface area contributed by atoms with E-state index in [4.69, 9.17) is 19.9 Å². The molecule has 0 bridgehead atoms. The number of primary amides is 1. The predicted molar refractivity (Wildman–Crippen MR) is 242 cm³/mol. The number of nitrogens with two attached hydrogens (primary N) is 1. The molecule has 1 aliphatic rings. The number of phosphoric acid groups is 1. The van der Waals surface area contributed by atoms with Gasteiger partial charge in [0.1, 0.15) is 30.2 Å². The first-order chi connectivity index (χ1) is 31.3. The van der Waals surface area contributed by atoms with Gasteiger partial charge in [0.15, 0.2) is 0 Å². The van der Waals surface area contributed by atoms with Crippen molar-refractivity contribution in [1.82, 2.24) is 35.7 Å². The molecule has 1 aromatic heterocycles. The summed E-state index contributed by atoms with van der Waals surface area (Å²) in [6.07, 6.45) is 8.32. The zero-order valence-corrected chi connectivity index (χ0v) is 39.4. The van der Waals surface area contributed by atoms with E-state index < -0.39 is 99.6 Å². The molecule has 3 rings (SSSR count). The number of carbonyl (C=O) groups is 6. The van der Waals surface area contributed by atoms with Gasteiger partial charge in [-0.05, 0) is 63.4 Å². The Morgan fingerprint density at radius 1 is 0.879 bits per heavy atom. The smallest absolute Gasteiger partial charge is 0.394 e. The molecule has 1 aliphatic heterocycles. The summed E-state index contributed by atoms with van der Waals surface area (Å²) in [5.41, 5.74) is 7.37. The van der Waals surface area contributed by atoms with Gasteiger partial charge in [-0.2, -0.15) is 0 Å². The van der Waals surface area contributed by atoms with Crippen molar-refractivity contribution in [1.29, 1.82) is 0 Å². The van der Waals surface area contributed by atoms with Gasteiger partial charge in [-0.3, -0.25) is 37.8 Å². The maximum absolute atomic E-state index is 14.2. The summed E-state index contributed by atoms with van der Waals surface area (Å²) in [7, 11) is -4.89. The van der Waals surface area contributed by atoms with Crippen molar-refractivity contribution in [2.75, 3.05) is 26.4 Å². The molecule has 1 aromatic carbocycles. The standard InChI is InChI=1S/C44H71N8O13P/c1-29(2)23-35(48-44(61)38-18-14-21-52(38)31(4)55)41(58)47-36(24-33-25-46-28-51(33)20-13-8-6-5-7-10-15-32-16-11-9-12-17-32)42(59)49-37(27-54)43(60)50-39(40(45)57)30(3)65-66(62,63)64-22-19-34(56)26-53/h9,11-12,16-17,25,28-30,34-39,53-54,56H,5-8,10,13-15,18-24,26-27H2,1-4H3,(H2,45,57)(H,47,58)(H,48,61)(H,49,59)(H,50,60)(H,62,63)/t30-,34-,35+,36+,37+,38+,39+/m1/s1. The molecule has 370 valence electrons. The second kappa shape index (κ2) is 28.4. The topological polar surface area (TPSA) is 314 Å². The summed E-state index contributed by atoms with van der Waals surface area (Å²) in [5.74, 6) is -4.87.